The first-order valence-corrected chi connectivity index (χ1v) is 11.2. The van der Waals surface area contributed by atoms with E-state index in [1.807, 2.05) is 12.1 Å². The van der Waals surface area contributed by atoms with Crippen molar-refractivity contribution in [2.75, 3.05) is 20.3 Å². The van der Waals surface area contributed by atoms with Crippen molar-refractivity contribution in [2.24, 2.45) is 0 Å². The lowest BCUT2D eigenvalue weighted by atomic mass is 9.76. The molecule has 31 heavy (non-hydrogen) atoms. The highest BCUT2D eigenvalue weighted by molar-refractivity contribution is 5.51. The minimum absolute atomic E-state index is 0.274. The van der Waals surface area contributed by atoms with E-state index in [4.69, 9.17) is 9.84 Å². The van der Waals surface area contributed by atoms with Crippen molar-refractivity contribution in [3.8, 4) is 5.75 Å². The third-order valence-electron chi connectivity index (χ3n) is 5.97. The molecule has 0 aliphatic rings. The highest BCUT2D eigenvalue weighted by Crippen LogP contribution is 2.38. The van der Waals surface area contributed by atoms with Crippen molar-refractivity contribution >= 4 is 0 Å². The maximum Gasteiger partial charge on any atom is 0.118 e. The predicted octanol–water partition coefficient (Wildman–Crippen LogP) is 5.75. The van der Waals surface area contributed by atoms with Gasteiger partial charge in [-0.25, -0.2) is 0 Å². The summed E-state index contributed by atoms with van der Waals surface area (Å²) in [4.78, 5) is 0. The molecule has 0 aromatic heterocycles. The van der Waals surface area contributed by atoms with Crippen LogP contribution in [0.3, 0.4) is 0 Å². The van der Waals surface area contributed by atoms with Crippen molar-refractivity contribution in [3.63, 3.8) is 0 Å². The molecule has 3 rings (SSSR count). The molecule has 0 radical (unpaired) electrons. The van der Waals surface area contributed by atoms with Crippen LogP contribution in [0.15, 0.2) is 72.8 Å². The molecule has 0 amide bonds. The molecule has 0 saturated heterocycles. The van der Waals surface area contributed by atoms with Crippen LogP contribution < -0.4 is 10.1 Å². The number of aliphatic hydroxyl groups excluding tert-OH is 1. The van der Waals surface area contributed by atoms with Crippen LogP contribution in [0.2, 0.25) is 0 Å². The van der Waals surface area contributed by atoms with E-state index in [0.717, 1.165) is 38.0 Å². The maximum atomic E-state index is 9.06. The SMILES string of the molecule is COc1ccc(C(NCCCCCCO)(c2ccc(C)cc2)c2ccc(C)cc2)cc1. The molecule has 0 unspecified atom stereocenters. The van der Waals surface area contributed by atoms with Gasteiger partial charge in [-0.2, -0.15) is 0 Å². The smallest absolute Gasteiger partial charge is 0.118 e. The number of nitrogens with one attached hydrogen (secondary N) is 1. The molecule has 2 N–H and O–H groups in total. The van der Waals surface area contributed by atoms with Crippen LogP contribution in [-0.2, 0) is 5.54 Å². The molecule has 164 valence electrons. The lowest BCUT2D eigenvalue weighted by Crippen LogP contribution is -2.45. The molecule has 0 fully saturated rings. The van der Waals surface area contributed by atoms with Gasteiger partial charge in [-0.15, -0.1) is 0 Å². The van der Waals surface area contributed by atoms with Crippen molar-refractivity contribution < 1.29 is 9.84 Å². The topological polar surface area (TPSA) is 41.5 Å². The Morgan fingerprint density at radius 1 is 0.677 bits per heavy atom. The lowest BCUT2D eigenvalue weighted by Gasteiger charge is -2.37. The van der Waals surface area contributed by atoms with Gasteiger partial charge in [0.15, 0.2) is 0 Å². The van der Waals surface area contributed by atoms with Crippen LogP contribution in [0.4, 0.5) is 0 Å². The number of methoxy groups -OCH3 is 1. The second kappa shape index (κ2) is 11.1. The Balaban J connectivity index is 2.07. The Bertz CT molecular complexity index is 869. The Morgan fingerprint density at radius 3 is 1.58 bits per heavy atom. The molecule has 0 aliphatic heterocycles. The summed E-state index contributed by atoms with van der Waals surface area (Å²) in [5.41, 5.74) is 5.69. The van der Waals surface area contributed by atoms with Crippen molar-refractivity contribution in [2.45, 2.75) is 45.1 Å². The van der Waals surface area contributed by atoms with E-state index >= 15 is 0 Å². The molecule has 0 aliphatic carbocycles. The third-order valence-corrected chi connectivity index (χ3v) is 5.97. The maximum absolute atomic E-state index is 9.06. The van der Waals surface area contributed by atoms with E-state index in [2.05, 4.69) is 79.8 Å². The Labute approximate surface area is 187 Å². The van der Waals surface area contributed by atoms with Crippen molar-refractivity contribution in [1.29, 1.82) is 0 Å². The summed E-state index contributed by atoms with van der Waals surface area (Å²) in [6, 6.07) is 26.1. The van der Waals surface area contributed by atoms with Crippen LogP contribution in [0.5, 0.6) is 5.75 Å². The van der Waals surface area contributed by atoms with E-state index in [0.29, 0.717) is 0 Å². The van der Waals surface area contributed by atoms with Gasteiger partial charge in [0.1, 0.15) is 5.75 Å². The number of unbranched alkanes of at least 4 members (excludes halogenated alkanes) is 3. The van der Waals surface area contributed by atoms with Gasteiger partial charge in [0.05, 0.1) is 12.6 Å². The van der Waals surface area contributed by atoms with Crippen molar-refractivity contribution in [1.82, 2.24) is 5.32 Å². The standard InChI is InChI=1S/C28H35NO2/c1-22-8-12-24(13-9-22)28(25-14-10-23(2)11-15-25,29-20-6-4-5-7-21-30)26-16-18-27(31-3)19-17-26/h8-19,29-30H,4-7,20-21H2,1-3H3. The summed E-state index contributed by atoms with van der Waals surface area (Å²) in [5, 5.41) is 13.0. The fourth-order valence-electron chi connectivity index (χ4n) is 4.12. The summed E-state index contributed by atoms with van der Waals surface area (Å²) in [6.07, 6.45) is 4.10. The minimum atomic E-state index is -0.454. The molecule has 0 spiro atoms. The molecule has 0 heterocycles. The third kappa shape index (κ3) is 5.55. The van der Waals surface area contributed by atoms with E-state index in [9.17, 15) is 0 Å². The van der Waals surface area contributed by atoms with Gasteiger partial charge in [0, 0.05) is 6.61 Å². The van der Waals surface area contributed by atoms with Gasteiger partial charge < -0.3 is 9.84 Å². The molecule has 3 aromatic rings. The number of aryl methyl sites for hydroxylation is 2. The Hall–Kier alpha value is -2.62. The largest absolute Gasteiger partial charge is 0.497 e. The zero-order chi connectivity index (χ0) is 22.1. The molecule has 0 bridgehead atoms. The molecule has 0 atom stereocenters. The second-order valence-corrected chi connectivity index (χ2v) is 8.28. The summed E-state index contributed by atoms with van der Waals surface area (Å²) < 4.78 is 5.42. The highest BCUT2D eigenvalue weighted by atomic mass is 16.5. The van der Waals surface area contributed by atoms with E-state index in [1.165, 1.54) is 27.8 Å². The van der Waals surface area contributed by atoms with Gasteiger partial charge in [0.25, 0.3) is 0 Å². The Kier molecular flexibility index (Phi) is 8.27. The fraction of sp³-hybridized carbons (Fsp3) is 0.357. The van der Waals surface area contributed by atoms with E-state index in [-0.39, 0.29) is 6.61 Å². The molecule has 0 saturated carbocycles. The molecule has 3 heteroatoms. The van der Waals surface area contributed by atoms with Crippen LogP contribution in [0, 0.1) is 13.8 Å². The zero-order valence-corrected chi connectivity index (χ0v) is 19.0. The normalized spacial score (nSPS) is 11.5. The zero-order valence-electron chi connectivity index (χ0n) is 19.0. The quantitative estimate of drug-likeness (QED) is 0.308. The number of benzene rings is 3. The Morgan fingerprint density at radius 2 is 1.13 bits per heavy atom. The summed E-state index contributed by atoms with van der Waals surface area (Å²) in [7, 11) is 1.70. The average Bonchev–Trinajstić information content (AvgIpc) is 2.80. The van der Waals surface area contributed by atoms with Crippen molar-refractivity contribution in [3.05, 3.63) is 101 Å². The van der Waals surface area contributed by atoms with E-state index < -0.39 is 5.54 Å². The summed E-state index contributed by atoms with van der Waals surface area (Å²) in [6.45, 7) is 5.41. The van der Waals surface area contributed by atoms with Gasteiger partial charge in [-0.3, -0.25) is 5.32 Å². The fourth-order valence-corrected chi connectivity index (χ4v) is 4.12. The number of hydrogen-bond acceptors (Lipinski definition) is 3. The predicted molar refractivity (Wildman–Crippen MR) is 129 cm³/mol. The first-order valence-electron chi connectivity index (χ1n) is 11.2. The number of hydrogen-bond donors (Lipinski definition) is 2. The van der Waals surface area contributed by atoms with E-state index in [1.54, 1.807) is 7.11 Å². The molecule has 3 nitrogen and oxygen atoms in total. The van der Waals surface area contributed by atoms with Gasteiger partial charge in [-0.1, -0.05) is 84.6 Å². The minimum Gasteiger partial charge on any atom is -0.497 e. The van der Waals surface area contributed by atoms with Gasteiger partial charge >= 0.3 is 0 Å². The first kappa shape index (κ1) is 23.1. The highest BCUT2D eigenvalue weighted by Gasteiger charge is 2.35. The summed E-state index contributed by atoms with van der Waals surface area (Å²) >= 11 is 0. The van der Waals surface area contributed by atoms with Crippen LogP contribution in [0.1, 0.15) is 53.5 Å². The van der Waals surface area contributed by atoms with Crippen LogP contribution in [0.25, 0.3) is 0 Å². The number of rotatable bonds is 11. The first-order chi connectivity index (χ1) is 15.1. The molecular weight excluding hydrogens is 382 g/mol. The van der Waals surface area contributed by atoms with Crippen LogP contribution in [-0.4, -0.2) is 25.4 Å². The number of aliphatic hydroxyl groups is 1. The lowest BCUT2D eigenvalue weighted by molar-refractivity contribution is 0.282. The van der Waals surface area contributed by atoms with Crippen LogP contribution >= 0.6 is 0 Å². The van der Waals surface area contributed by atoms with Gasteiger partial charge in [-0.05, 0) is 62.1 Å². The molecular formula is C28H35NO2. The molecule has 3 aromatic carbocycles. The van der Waals surface area contributed by atoms with Gasteiger partial charge in [0.2, 0.25) is 0 Å². The average molecular weight is 418 g/mol. The number of ether oxygens (including phenoxy) is 1. The second-order valence-electron chi connectivity index (χ2n) is 8.28. The monoisotopic (exact) mass is 417 g/mol. The summed E-state index contributed by atoms with van der Waals surface area (Å²) in [5.74, 6) is 0.856.